The number of nitrogens with zero attached hydrogens (tertiary/aromatic N) is 3. The van der Waals surface area contributed by atoms with E-state index in [0.717, 1.165) is 38.3 Å². The Kier molecular flexibility index (Phi) is 5.46. The molecule has 0 radical (unpaired) electrons. The minimum atomic E-state index is -4.48. The molecule has 0 bridgehead atoms. The molecule has 3 heterocycles. The zero-order valence-corrected chi connectivity index (χ0v) is 17.4. The number of aromatic amines is 2. The van der Waals surface area contributed by atoms with E-state index in [1.54, 1.807) is 0 Å². The number of aromatic nitrogens is 3. The third kappa shape index (κ3) is 3.80. The van der Waals surface area contributed by atoms with E-state index in [1.807, 2.05) is 18.3 Å². The van der Waals surface area contributed by atoms with Gasteiger partial charge in [-0.25, -0.2) is 4.98 Å². The number of hydrogen-bond donors (Lipinski definition) is 2. The molecule has 3 aromatic rings. The average molecular weight is 444 g/mol. The van der Waals surface area contributed by atoms with Crippen molar-refractivity contribution < 1.29 is 23.3 Å². The molecule has 1 unspecified atom stereocenters. The highest BCUT2D eigenvalue weighted by molar-refractivity contribution is 5.87. The van der Waals surface area contributed by atoms with E-state index in [1.165, 1.54) is 17.5 Å². The molecule has 1 saturated heterocycles. The highest BCUT2D eigenvalue weighted by atomic mass is 19.4. The first-order valence-corrected chi connectivity index (χ1v) is 10.9. The van der Waals surface area contributed by atoms with Gasteiger partial charge in [0.25, 0.3) is 5.82 Å². The minimum absolute atomic E-state index is 0.0234. The number of aliphatic imine (C=N–C) groups is 1. The molecule has 0 spiro atoms. The van der Waals surface area contributed by atoms with E-state index >= 15 is 0 Å². The van der Waals surface area contributed by atoms with Crippen molar-refractivity contribution in [2.75, 3.05) is 13.2 Å². The van der Waals surface area contributed by atoms with E-state index in [2.05, 4.69) is 37.0 Å². The lowest BCUT2D eigenvalue weighted by Gasteiger charge is -2.39. The van der Waals surface area contributed by atoms with Gasteiger partial charge in [-0.2, -0.15) is 13.2 Å². The zero-order chi connectivity index (χ0) is 22.3. The number of hydrogen-bond acceptors (Lipinski definition) is 4. The number of aryl methyl sites for hydroxylation is 1. The maximum atomic E-state index is 13.2. The predicted molar refractivity (Wildman–Crippen MR) is 114 cm³/mol. The summed E-state index contributed by atoms with van der Waals surface area (Å²) in [4.78, 5) is 16.2. The molecule has 32 heavy (non-hydrogen) atoms. The second-order valence-corrected chi connectivity index (χ2v) is 8.52. The van der Waals surface area contributed by atoms with Gasteiger partial charge in [-0.3, -0.25) is 4.90 Å². The molecule has 0 amide bonds. The molecule has 3 atom stereocenters. The second-order valence-electron chi connectivity index (χ2n) is 8.52. The van der Waals surface area contributed by atoms with Gasteiger partial charge in [0.1, 0.15) is 11.1 Å². The summed E-state index contributed by atoms with van der Waals surface area (Å²) in [6.45, 7) is 1.06. The minimum Gasteiger partial charge on any atom is -0.395 e. The summed E-state index contributed by atoms with van der Waals surface area (Å²) in [7, 11) is 0. The average Bonchev–Trinajstić information content (AvgIpc) is 3.44. The highest BCUT2D eigenvalue weighted by Gasteiger charge is 2.38. The van der Waals surface area contributed by atoms with Crippen LogP contribution in [-0.2, 0) is 12.6 Å². The first-order valence-electron chi connectivity index (χ1n) is 10.9. The number of alkyl halides is 3. The van der Waals surface area contributed by atoms with Crippen LogP contribution in [0.1, 0.15) is 42.0 Å². The van der Waals surface area contributed by atoms with E-state index in [0.29, 0.717) is 11.2 Å². The number of fused-ring (bicyclic) bond motifs is 2. The van der Waals surface area contributed by atoms with Gasteiger partial charge in [0.15, 0.2) is 0 Å². The molecule has 9 heteroatoms. The van der Waals surface area contributed by atoms with Gasteiger partial charge in [-0.15, -0.1) is 4.99 Å². The standard InChI is InChI=1S/C23H24F3N5O/c24-23(25,26)20-10-17-21(28-13-29-22(17)30-20)27-11-18-16-6-2-1-4-14(16)7-8-19(18)31-9-3-5-15(31)12-32/h1-2,4,6,10-11,13,15,18-19,32H,3,5,7-9,12H2,(H,28,29,30)/p+1/b27-11-/t15-,18?,19-/m0/s1. The molecular weight excluding hydrogens is 419 g/mol. The zero-order valence-electron chi connectivity index (χ0n) is 17.4. The number of benzene rings is 1. The predicted octanol–water partition coefficient (Wildman–Crippen LogP) is 3.65. The molecule has 5 rings (SSSR count). The molecule has 1 aliphatic heterocycles. The third-order valence-electron chi connectivity index (χ3n) is 6.71. The van der Waals surface area contributed by atoms with Gasteiger partial charge in [0.2, 0.25) is 12.0 Å². The van der Waals surface area contributed by atoms with Crippen LogP contribution in [0.2, 0.25) is 0 Å². The lowest BCUT2D eigenvalue weighted by Crippen LogP contribution is -2.46. The fourth-order valence-electron chi connectivity index (χ4n) is 5.20. The Morgan fingerprint density at radius 1 is 1.28 bits per heavy atom. The SMILES string of the molecule is OC[C@@H]1CCCN1[C@H]1CCc2ccccc2C1/C=N\c1[nH+]cnc2[nH]c(C(F)(F)F)cc12. The first kappa shape index (κ1) is 21.1. The Morgan fingerprint density at radius 3 is 2.94 bits per heavy atom. The molecule has 2 aromatic heterocycles. The van der Waals surface area contributed by atoms with Crippen molar-refractivity contribution in [2.24, 2.45) is 4.99 Å². The summed E-state index contributed by atoms with van der Waals surface area (Å²) in [6.07, 6.45) is 2.64. The van der Waals surface area contributed by atoms with Crippen LogP contribution < -0.4 is 4.98 Å². The van der Waals surface area contributed by atoms with Gasteiger partial charge in [0.05, 0.1) is 18.7 Å². The van der Waals surface area contributed by atoms with E-state index < -0.39 is 11.9 Å². The van der Waals surface area contributed by atoms with Crippen molar-refractivity contribution in [3.8, 4) is 0 Å². The fraction of sp³-hybridized carbons (Fsp3) is 0.435. The number of aliphatic hydroxyl groups excluding tert-OH is 1. The van der Waals surface area contributed by atoms with Crippen molar-refractivity contribution in [1.29, 1.82) is 0 Å². The van der Waals surface area contributed by atoms with Gasteiger partial charge in [0, 0.05) is 12.1 Å². The van der Waals surface area contributed by atoms with Crippen LogP contribution in [0, 0.1) is 0 Å². The largest absolute Gasteiger partial charge is 0.431 e. The number of H-pyrrole nitrogens is 2. The third-order valence-corrected chi connectivity index (χ3v) is 6.71. The van der Waals surface area contributed by atoms with E-state index in [-0.39, 0.29) is 30.3 Å². The Balaban J connectivity index is 1.53. The van der Waals surface area contributed by atoms with Crippen molar-refractivity contribution in [3.05, 3.63) is 53.5 Å². The first-order chi connectivity index (χ1) is 15.5. The van der Waals surface area contributed by atoms with E-state index in [9.17, 15) is 18.3 Å². The smallest absolute Gasteiger partial charge is 0.395 e. The summed E-state index contributed by atoms with van der Waals surface area (Å²) in [6, 6.07) is 9.62. The lowest BCUT2D eigenvalue weighted by molar-refractivity contribution is -0.365. The Morgan fingerprint density at radius 2 is 2.12 bits per heavy atom. The summed E-state index contributed by atoms with van der Waals surface area (Å²) in [5, 5.41) is 10.2. The van der Waals surface area contributed by atoms with Crippen LogP contribution in [0.3, 0.4) is 0 Å². The number of likely N-dealkylation sites (tertiary alicyclic amines) is 1. The summed E-state index contributed by atoms with van der Waals surface area (Å²) in [5.74, 6) is 0.313. The molecule has 1 fully saturated rings. The van der Waals surface area contributed by atoms with Crippen LogP contribution in [-0.4, -0.2) is 51.4 Å². The molecule has 1 aliphatic carbocycles. The lowest BCUT2D eigenvalue weighted by atomic mass is 9.79. The van der Waals surface area contributed by atoms with Gasteiger partial charge >= 0.3 is 6.18 Å². The van der Waals surface area contributed by atoms with Gasteiger partial charge in [-0.05, 0) is 49.4 Å². The number of rotatable bonds is 4. The molecule has 3 N–H and O–H groups in total. The van der Waals surface area contributed by atoms with Crippen LogP contribution in [0.25, 0.3) is 11.0 Å². The second kappa shape index (κ2) is 8.29. The Bertz CT molecular complexity index is 1140. The van der Waals surface area contributed by atoms with Crippen LogP contribution in [0.4, 0.5) is 19.0 Å². The Labute approximate surface area is 183 Å². The quantitative estimate of drug-likeness (QED) is 0.603. The number of aliphatic hydroxyl groups is 1. The van der Waals surface area contributed by atoms with Crippen molar-refractivity contribution in [2.45, 2.75) is 49.9 Å². The van der Waals surface area contributed by atoms with Crippen LogP contribution >= 0.6 is 0 Å². The van der Waals surface area contributed by atoms with Crippen molar-refractivity contribution in [3.63, 3.8) is 0 Å². The molecule has 0 saturated carbocycles. The maximum Gasteiger partial charge on any atom is 0.431 e. The molecular formula is C23H25F3N5O+. The van der Waals surface area contributed by atoms with Gasteiger partial charge < -0.3 is 10.1 Å². The molecule has 6 nitrogen and oxygen atoms in total. The molecule has 2 aliphatic rings. The molecule has 1 aromatic carbocycles. The number of halogens is 3. The fourth-order valence-corrected chi connectivity index (χ4v) is 5.20. The Hall–Kier alpha value is -2.78. The van der Waals surface area contributed by atoms with E-state index in [4.69, 9.17) is 0 Å². The maximum absolute atomic E-state index is 13.2. The summed E-state index contributed by atoms with van der Waals surface area (Å²) >= 11 is 0. The highest BCUT2D eigenvalue weighted by Crippen LogP contribution is 2.38. The van der Waals surface area contributed by atoms with Crippen LogP contribution in [0.5, 0.6) is 0 Å². The van der Waals surface area contributed by atoms with Gasteiger partial charge in [-0.1, -0.05) is 29.2 Å². The van der Waals surface area contributed by atoms with Crippen molar-refractivity contribution in [1.82, 2.24) is 14.9 Å². The normalized spacial score (nSPS) is 24.4. The topological polar surface area (TPSA) is 78.7 Å². The summed E-state index contributed by atoms with van der Waals surface area (Å²) < 4.78 is 39.5. The molecule has 168 valence electrons. The monoisotopic (exact) mass is 444 g/mol. The summed E-state index contributed by atoms with van der Waals surface area (Å²) in [5.41, 5.74) is 1.75. The number of nitrogens with one attached hydrogen (secondary N) is 2. The van der Waals surface area contributed by atoms with Crippen LogP contribution in [0.15, 0.2) is 41.7 Å². The van der Waals surface area contributed by atoms with Crippen molar-refractivity contribution >= 4 is 23.1 Å².